The van der Waals surface area contributed by atoms with E-state index >= 15 is 0 Å². The molecule has 3 aromatic rings. The van der Waals surface area contributed by atoms with Crippen molar-refractivity contribution in [3.8, 4) is 0 Å². The number of fused-ring (bicyclic) bond motifs is 1. The number of carbonyl (C=O) groups is 1. The lowest BCUT2D eigenvalue weighted by atomic mass is 10.1. The van der Waals surface area contributed by atoms with Gasteiger partial charge in [-0.25, -0.2) is 4.98 Å². The zero-order valence-corrected chi connectivity index (χ0v) is 14.3. The van der Waals surface area contributed by atoms with Crippen molar-refractivity contribution in [2.24, 2.45) is 0 Å². The molecule has 1 aromatic carbocycles. The predicted octanol–water partition coefficient (Wildman–Crippen LogP) is 1.75. The maximum atomic E-state index is 12.3. The molecule has 0 atom stereocenters. The predicted molar refractivity (Wildman–Crippen MR) is 94.3 cm³/mol. The number of nitrogens with zero attached hydrogens (tertiary/aromatic N) is 3. The number of hydrogen-bond acceptors (Lipinski definition) is 5. The van der Waals surface area contributed by atoms with E-state index in [1.165, 1.54) is 27.5 Å². The monoisotopic (exact) mass is 342 g/mol. The summed E-state index contributed by atoms with van der Waals surface area (Å²) >= 11 is 1.35. The number of rotatable bonds is 5. The molecule has 0 saturated heterocycles. The lowest BCUT2D eigenvalue weighted by Gasteiger charge is -2.10. The van der Waals surface area contributed by atoms with Crippen molar-refractivity contribution >= 4 is 22.2 Å². The van der Waals surface area contributed by atoms with Crippen LogP contribution in [0, 0.1) is 0 Å². The van der Waals surface area contributed by atoms with E-state index in [0.29, 0.717) is 11.5 Å². The second kappa shape index (κ2) is 6.94. The number of aromatic nitrogens is 2. The van der Waals surface area contributed by atoms with Crippen LogP contribution in [0.15, 0.2) is 46.8 Å². The van der Waals surface area contributed by atoms with E-state index in [4.69, 9.17) is 0 Å². The van der Waals surface area contributed by atoms with Crippen LogP contribution in [0.1, 0.15) is 21.5 Å². The molecule has 0 spiro atoms. The molecule has 1 N–H and O–H groups in total. The summed E-state index contributed by atoms with van der Waals surface area (Å²) in [6.07, 6.45) is 2.96. The Kier molecular flexibility index (Phi) is 4.73. The molecule has 2 aromatic heterocycles. The molecule has 0 unspecified atom stereocenters. The van der Waals surface area contributed by atoms with Crippen LogP contribution < -0.4 is 10.9 Å². The van der Waals surface area contributed by atoms with E-state index in [-0.39, 0.29) is 11.1 Å². The van der Waals surface area contributed by atoms with Gasteiger partial charge in [0.2, 0.25) is 0 Å². The van der Waals surface area contributed by atoms with E-state index in [2.05, 4.69) is 15.2 Å². The molecule has 0 bridgehead atoms. The van der Waals surface area contributed by atoms with Crippen LogP contribution in [0.25, 0.3) is 4.96 Å². The second-order valence-electron chi connectivity index (χ2n) is 5.77. The van der Waals surface area contributed by atoms with Crippen LogP contribution in [0.3, 0.4) is 0 Å². The number of benzene rings is 1. The normalized spacial score (nSPS) is 11.1. The number of hydrogen-bond donors (Lipinski definition) is 1. The summed E-state index contributed by atoms with van der Waals surface area (Å²) in [6, 6.07) is 8.03. The molecule has 0 fully saturated rings. The van der Waals surface area contributed by atoms with Crippen LogP contribution in [0.2, 0.25) is 0 Å². The summed E-state index contributed by atoms with van der Waals surface area (Å²) in [5.74, 6) is -0.412. The Morgan fingerprint density at radius 3 is 2.67 bits per heavy atom. The lowest BCUT2D eigenvalue weighted by Crippen LogP contribution is -2.30. The third kappa shape index (κ3) is 3.52. The maximum Gasteiger partial charge on any atom is 0.271 e. The Morgan fingerprint density at radius 1 is 1.25 bits per heavy atom. The average Bonchev–Trinajstić information content (AvgIpc) is 3.03. The molecular weight excluding hydrogens is 324 g/mol. The smallest absolute Gasteiger partial charge is 0.271 e. The third-order valence-electron chi connectivity index (χ3n) is 3.56. The van der Waals surface area contributed by atoms with E-state index in [9.17, 15) is 9.59 Å². The first-order chi connectivity index (χ1) is 11.5. The molecule has 6 nitrogen and oxygen atoms in total. The molecule has 0 radical (unpaired) electrons. The summed E-state index contributed by atoms with van der Waals surface area (Å²) in [7, 11) is 4.04. The standard InChI is InChI=1S/C17H18N4O2S/c1-20(2)11-13-5-3-12(4-6-13)9-18-15(22)14-10-19-17-21(16(14)23)7-8-24-17/h3-8,10H,9,11H2,1-2H3,(H,18,22). The average molecular weight is 342 g/mol. The van der Waals surface area contributed by atoms with Crippen molar-refractivity contribution in [3.63, 3.8) is 0 Å². The summed E-state index contributed by atoms with van der Waals surface area (Å²) in [4.78, 5) is 31.3. The fourth-order valence-electron chi connectivity index (χ4n) is 2.39. The van der Waals surface area contributed by atoms with Crippen LogP contribution in [-0.4, -0.2) is 34.3 Å². The van der Waals surface area contributed by atoms with E-state index in [0.717, 1.165) is 12.1 Å². The minimum absolute atomic E-state index is 0.0510. The first-order valence-corrected chi connectivity index (χ1v) is 8.38. The second-order valence-corrected chi connectivity index (χ2v) is 6.64. The molecule has 124 valence electrons. The van der Waals surface area contributed by atoms with Gasteiger partial charge in [0.05, 0.1) is 0 Å². The third-order valence-corrected chi connectivity index (χ3v) is 4.33. The first-order valence-electron chi connectivity index (χ1n) is 7.50. The Morgan fingerprint density at radius 2 is 1.96 bits per heavy atom. The van der Waals surface area contributed by atoms with Gasteiger partial charge in [-0.1, -0.05) is 24.3 Å². The summed E-state index contributed by atoms with van der Waals surface area (Å²) in [5, 5.41) is 4.54. The van der Waals surface area contributed by atoms with Crippen molar-refractivity contribution in [1.29, 1.82) is 0 Å². The summed E-state index contributed by atoms with van der Waals surface area (Å²) < 4.78 is 1.38. The van der Waals surface area contributed by atoms with Crippen molar-refractivity contribution in [3.05, 3.63) is 69.1 Å². The molecule has 0 saturated carbocycles. The minimum atomic E-state index is -0.412. The van der Waals surface area contributed by atoms with E-state index in [1.807, 2.05) is 38.4 Å². The number of nitrogens with one attached hydrogen (secondary N) is 1. The molecular formula is C17H18N4O2S. The van der Waals surface area contributed by atoms with Crippen molar-refractivity contribution in [2.45, 2.75) is 13.1 Å². The van der Waals surface area contributed by atoms with Crippen LogP contribution in [0.5, 0.6) is 0 Å². The first kappa shape index (κ1) is 16.4. The largest absolute Gasteiger partial charge is 0.348 e. The van der Waals surface area contributed by atoms with Gasteiger partial charge >= 0.3 is 0 Å². The highest BCUT2D eigenvalue weighted by molar-refractivity contribution is 7.15. The number of amides is 1. The van der Waals surface area contributed by atoms with E-state index in [1.54, 1.807) is 11.6 Å². The maximum absolute atomic E-state index is 12.3. The Hall–Kier alpha value is -2.51. The lowest BCUT2D eigenvalue weighted by molar-refractivity contribution is 0.0949. The molecule has 2 heterocycles. The topological polar surface area (TPSA) is 66.7 Å². The van der Waals surface area contributed by atoms with Crippen LogP contribution in [-0.2, 0) is 13.1 Å². The van der Waals surface area contributed by atoms with Gasteiger partial charge in [0.25, 0.3) is 11.5 Å². The zero-order valence-electron chi connectivity index (χ0n) is 13.5. The van der Waals surface area contributed by atoms with Gasteiger partial charge in [-0.3, -0.25) is 14.0 Å². The van der Waals surface area contributed by atoms with Gasteiger partial charge in [0.1, 0.15) is 5.56 Å². The molecule has 7 heteroatoms. The Bertz CT molecular complexity index is 912. The van der Waals surface area contributed by atoms with Gasteiger partial charge in [-0.15, -0.1) is 11.3 Å². The Labute approximate surface area is 143 Å². The van der Waals surface area contributed by atoms with Crippen LogP contribution >= 0.6 is 11.3 Å². The number of thiazole rings is 1. The highest BCUT2D eigenvalue weighted by Gasteiger charge is 2.13. The SMILES string of the molecule is CN(C)Cc1ccc(CNC(=O)c2cnc3sccn3c2=O)cc1. The zero-order chi connectivity index (χ0) is 17.1. The van der Waals surface area contributed by atoms with Crippen molar-refractivity contribution in [1.82, 2.24) is 19.6 Å². The fourth-order valence-corrected chi connectivity index (χ4v) is 3.06. The molecule has 0 aliphatic heterocycles. The van der Waals surface area contributed by atoms with Gasteiger partial charge in [0, 0.05) is 30.9 Å². The molecule has 0 aliphatic rings. The van der Waals surface area contributed by atoms with Gasteiger partial charge in [-0.05, 0) is 25.2 Å². The number of carbonyl (C=O) groups excluding carboxylic acids is 1. The van der Waals surface area contributed by atoms with Gasteiger partial charge in [0.15, 0.2) is 4.96 Å². The van der Waals surface area contributed by atoms with Crippen LogP contribution in [0.4, 0.5) is 0 Å². The fraction of sp³-hybridized carbons (Fsp3) is 0.235. The van der Waals surface area contributed by atoms with Gasteiger partial charge < -0.3 is 10.2 Å². The minimum Gasteiger partial charge on any atom is -0.348 e. The molecule has 3 rings (SSSR count). The summed E-state index contributed by atoms with van der Waals surface area (Å²) in [6.45, 7) is 1.24. The molecule has 24 heavy (non-hydrogen) atoms. The highest BCUT2D eigenvalue weighted by atomic mass is 32.1. The molecule has 1 amide bonds. The van der Waals surface area contributed by atoms with Crippen molar-refractivity contribution < 1.29 is 4.79 Å². The quantitative estimate of drug-likeness (QED) is 0.767. The van der Waals surface area contributed by atoms with E-state index < -0.39 is 5.91 Å². The summed E-state index contributed by atoms with van der Waals surface area (Å²) in [5.41, 5.74) is 1.89. The highest BCUT2D eigenvalue weighted by Crippen LogP contribution is 2.07. The van der Waals surface area contributed by atoms with Crippen molar-refractivity contribution in [2.75, 3.05) is 14.1 Å². The Balaban J connectivity index is 1.68. The molecule has 0 aliphatic carbocycles. The van der Waals surface area contributed by atoms with Gasteiger partial charge in [-0.2, -0.15) is 0 Å².